The number of carbonyl (C=O) groups excluding carboxylic acids is 1. The molecule has 1 aliphatic heterocycles. The van der Waals surface area contributed by atoms with E-state index in [-0.39, 0.29) is 22.4 Å². The van der Waals surface area contributed by atoms with E-state index in [0.717, 1.165) is 0 Å². The van der Waals surface area contributed by atoms with Crippen molar-refractivity contribution in [1.29, 1.82) is 0 Å². The third-order valence-corrected chi connectivity index (χ3v) is 7.11. The third-order valence-electron chi connectivity index (χ3n) is 5.21. The Kier molecular flexibility index (Phi) is 5.48. The minimum atomic E-state index is -3.69. The van der Waals surface area contributed by atoms with Crippen LogP contribution in [0.3, 0.4) is 0 Å². The fourth-order valence-corrected chi connectivity index (χ4v) is 4.99. The van der Waals surface area contributed by atoms with Crippen LogP contribution in [0.1, 0.15) is 41.9 Å². The van der Waals surface area contributed by atoms with Crippen LogP contribution in [0.15, 0.2) is 57.8 Å². The molecule has 4 rings (SSSR count). The van der Waals surface area contributed by atoms with Crippen LogP contribution in [0.2, 0.25) is 0 Å². The van der Waals surface area contributed by atoms with Crippen molar-refractivity contribution in [3.05, 3.63) is 65.8 Å². The normalized spacial score (nSPS) is 15.9. The maximum Gasteiger partial charge on any atom is 0.247 e. The Labute approximate surface area is 173 Å². The molecule has 0 spiro atoms. The molecule has 30 heavy (non-hydrogen) atoms. The SMILES string of the molecule is CC(=O)c1cccc(S(=O)(=O)N2CCC(c3nnc(-c4ccc(F)cc4)o3)CC2)c1. The lowest BCUT2D eigenvalue weighted by molar-refractivity contribution is 0.101. The zero-order valence-corrected chi connectivity index (χ0v) is 17.1. The van der Waals surface area contributed by atoms with Gasteiger partial charge in [-0.15, -0.1) is 10.2 Å². The number of piperidine rings is 1. The summed E-state index contributed by atoms with van der Waals surface area (Å²) < 4.78 is 46.2. The van der Waals surface area contributed by atoms with Gasteiger partial charge in [-0.25, -0.2) is 12.8 Å². The smallest absolute Gasteiger partial charge is 0.247 e. The van der Waals surface area contributed by atoms with Gasteiger partial charge in [0.1, 0.15) is 5.82 Å². The van der Waals surface area contributed by atoms with Gasteiger partial charge in [-0.2, -0.15) is 4.31 Å². The van der Waals surface area contributed by atoms with Crippen LogP contribution in [0.5, 0.6) is 0 Å². The van der Waals surface area contributed by atoms with E-state index >= 15 is 0 Å². The molecule has 0 amide bonds. The van der Waals surface area contributed by atoms with Crippen LogP contribution >= 0.6 is 0 Å². The Hall–Kier alpha value is -2.91. The van der Waals surface area contributed by atoms with Gasteiger partial charge in [0.15, 0.2) is 5.78 Å². The van der Waals surface area contributed by atoms with Gasteiger partial charge in [0, 0.05) is 30.1 Å². The molecule has 0 saturated carbocycles. The molecule has 3 aromatic rings. The molecule has 9 heteroatoms. The highest BCUT2D eigenvalue weighted by molar-refractivity contribution is 7.89. The summed E-state index contributed by atoms with van der Waals surface area (Å²) in [5, 5.41) is 8.13. The van der Waals surface area contributed by atoms with Crippen molar-refractivity contribution in [1.82, 2.24) is 14.5 Å². The molecule has 0 radical (unpaired) electrons. The van der Waals surface area contributed by atoms with Crippen LogP contribution in [0.25, 0.3) is 11.5 Å². The number of rotatable bonds is 5. The highest BCUT2D eigenvalue weighted by Crippen LogP contribution is 2.31. The van der Waals surface area contributed by atoms with E-state index in [1.54, 1.807) is 24.3 Å². The van der Waals surface area contributed by atoms with E-state index in [1.165, 1.54) is 35.5 Å². The Morgan fingerprint density at radius 3 is 2.47 bits per heavy atom. The molecule has 0 aliphatic carbocycles. The molecular weight excluding hydrogens is 409 g/mol. The van der Waals surface area contributed by atoms with Gasteiger partial charge in [0.2, 0.25) is 21.8 Å². The molecule has 0 atom stereocenters. The van der Waals surface area contributed by atoms with E-state index in [0.29, 0.717) is 48.8 Å². The average Bonchev–Trinajstić information content (AvgIpc) is 3.25. The number of halogens is 1. The van der Waals surface area contributed by atoms with Gasteiger partial charge in [-0.05, 0) is 56.2 Å². The van der Waals surface area contributed by atoms with Gasteiger partial charge >= 0.3 is 0 Å². The van der Waals surface area contributed by atoms with Crippen molar-refractivity contribution in [2.75, 3.05) is 13.1 Å². The van der Waals surface area contributed by atoms with E-state index in [9.17, 15) is 17.6 Å². The van der Waals surface area contributed by atoms with Crippen LogP contribution in [-0.2, 0) is 10.0 Å². The van der Waals surface area contributed by atoms with E-state index in [1.807, 2.05) is 0 Å². The van der Waals surface area contributed by atoms with Crippen molar-refractivity contribution < 1.29 is 22.0 Å². The summed E-state index contributed by atoms with van der Waals surface area (Å²) in [6.45, 7) is 2.03. The van der Waals surface area contributed by atoms with E-state index < -0.39 is 10.0 Å². The number of aromatic nitrogens is 2. The Balaban J connectivity index is 1.46. The molecular formula is C21H20FN3O4S. The third kappa shape index (κ3) is 4.03. The first-order chi connectivity index (χ1) is 14.3. The number of ketones is 1. The predicted molar refractivity (Wildman–Crippen MR) is 107 cm³/mol. The first kappa shape index (κ1) is 20.4. The fraction of sp³-hybridized carbons (Fsp3) is 0.286. The number of sulfonamides is 1. The summed E-state index contributed by atoms with van der Waals surface area (Å²) in [7, 11) is -3.69. The minimum absolute atomic E-state index is 0.0540. The monoisotopic (exact) mass is 429 g/mol. The molecule has 1 aliphatic rings. The van der Waals surface area contributed by atoms with Crippen molar-refractivity contribution >= 4 is 15.8 Å². The second kappa shape index (κ2) is 8.08. The number of nitrogens with zero attached hydrogens (tertiary/aromatic N) is 3. The average molecular weight is 429 g/mol. The van der Waals surface area contributed by atoms with Gasteiger partial charge in [0.25, 0.3) is 0 Å². The molecule has 0 bridgehead atoms. The summed E-state index contributed by atoms with van der Waals surface area (Å²) >= 11 is 0. The van der Waals surface area contributed by atoms with Crippen LogP contribution in [-0.4, -0.2) is 41.8 Å². The summed E-state index contributed by atoms with van der Waals surface area (Å²) in [5.74, 6) is 0.174. The molecule has 1 fully saturated rings. The lowest BCUT2D eigenvalue weighted by Gasteiger charge is -2.29. The van der Waals surface area contributed by atoms with Gasteiger partial charge in [-0.3, -0.25) is 4.79 Å². The highest BCUT2D eigenvalue weighted by atomic mass is 32.2. The molecule has 0 unspecified atom stereocenters. The van der Waals surface area contributed by atoms with Crippen molar-refractivity contribution in [2.45, 2.75) is 30.6 Å². The van der Waals surface area contributed by atoms with Crippen LogP contribution in [0, 0.1) is 5.82 Å². The fourth-order valence-electron chi connectivity index (χ4n) is 3.48. The van der Waals surface area contributed by atoms with Crippen LogP contribution < -0.4 is 0 Å². The lowest BCUT2D eigenvalue weighted by Crippen LogP contribution is -2.38. The quantitative estimate of drug-likeness (QED) is 0.575. The number of benzene rings is 2. The van der Waals surface area contributed by atoms with Gasteiger partial charge in [-0.1, -0.05) is 12.1 Å². The lowest BCUT2D eigenvalue weighted by atomic mass is 9.98. The molecule has 156 valence electrons. The largest absolute Gasteiger partial charge is 0.420 e. The Morgan fingerprint density at radius 1 is 1.10 bits per heavy atom. The molecule has 2 aromatic carbocycles. The zero-order chi connectivity index (χ0) is 21.3. The maximum absolute atomic E-state index is 13.1. The number of hydrogen-bond donors (Lipinski definition) is 0. The first-order valence-electron chi connectivity index (χ1n) is 9.55. The molecule has 7 nitrogen and oxygen atoms in total. The molecule has 2 heterocycles. The van der Waals surface area contributed by atoms with Crippen molar-refractivity contribution in [3.63, 3.8) is 0 Å². The number of Topliss-reactive ketones (excluding diaryl/α,β-unsaturated/α-hetero) is 1. The summed E-state index contributed by atoms with van der Waals surface area (Å²) in [5.41, 5.74) is 0.991. The topological polar surface area (TPSA) is 93.4 Å². The Morgan fingerprint density at radius 2 is 1.80 bits per heavy atom. The summed E-state index contributed by atoms with van der Waals surface area (Å²) in [6.07, 6.45) is 1.08. The highest BCUT2D eigenvalue weighted by Gasteiger charge is 2.32. The number of carbonyl (C=O) groups is 1. The minimum Gasteiger partial charge on any atom is -0.420 e. The van der Waals surface area contributed by atoms with E-state index in [2.05, 4.69) is 10.2 Å². The Bertz CT molecular complexity index is 1170. The van der Waals surface area contributed by atoms with Gasteiger partial charge in [0.05, 0.1) is 4.90 Å². The van der Waals surface area contributed by atoms with Crippen molar-refractivity contribution in [3.8, 4) is 11.5 Å². The molecule has 1 aromatic heterocycles. The zero-order valence-electron chi connectivity index (χ0n) is 16.3. The maximum atomic E-state index is 13.1. The van der Waals surface area contributed by atoms with Crippen LogP contribution in [0.4, 0.5) is 4.39 Å². The van der Waals surface area contributed by atoms with Crippen molar-refractivity contribution in [2.24, 2.45) is 0 Å². The molecule has 1 saturated heterocycles. The van der Waals surface area contributed by atoms with Gasteiger partial charge < -0.3 is 4.42 Å². The second-order valence-corrected chi connectivity index (χ2v) is 9.15. The standard InChI is InChI=1S/C21H20FN3O4S/c1-14(26)17-3-2-4-19(13-17)30(27,28)25-11-9-16(10-12-25)21-24-23-20(29-21)15-5-7-18(22)8-6-15/h2-8,13,16H,9-12H2,1H3. The second-order valence-electron chi connectivity index (χ2n) is 7.21. The predicted octanol–water partition coefficient (Wildman–Crippen LogP) is 3.65. The van der Waals surface area contributed by atoms with E-state index in [4.69, 9.17) is 4.42 Å². The molecule has 0 N–H and O–H groups in total. The first-order valence-corrected chi connectivity index (χ1v) is 11.0. The summed E-state index contributed by atoms with van der Waals surface area (Å²) in [6, 6.07) is 11.9. The summed E-state index contributed by atoms with van der Waals surface area (Å²) in [4.78, 5) is 11.7. The number of hydrogen-bond acceptors (Lipinski definition) is 6.